The van der Waals surface area contributed by atoms with Crippen LogP contribution in [0.2, 0.25) is 0 Å². The Balaban J connectivity index is 3.00. The Morgan fingerprint density at radius 3 is 2.40 bits per heavy atom. The molecule has 0 amide bonds. The zero-order chi connectivity index (χ0) is 15.3. The van der Waals surface area contributed by atoms with Gasteiger partial charge in [0.15, 0.2) is 6.29 Å². The van der Waals surface area contributed by atoms with Crippen LogP contribution >= 0.6 is 11.3 Å². The fraction of sp³-hybridized carbons (Fsp3) is 0.545. The minimum Gasteiger partial charge on any atom is -0.465 e. The van der Waals surface area contributed by atoms with Crippen LogP contribution in [0.3, 0.4) is 0 Å². The molecule has 114 valence electrons. The topological polar surface area (TPSA) is 90.9 Å². The van der Waals surface area contributed by atoms with Crippen LogP contribution in [0.15, 0.2) is 16.3 Å². The largest absolute Gasteiger partial charge is 0.465 e. The molecular formula is C11H17NO6S2. The van der Waals surface area contributed by atoms with Gasteiger partial charge in [0.05, 0.1) is 13.2 Å². The number of rotatable bonds is 7. The Bertz CT molecular complexity index is 549. The Morgan fingerprint density at radius 2 is 1.90 bits per heavy atom. The van der Waals surface area contributed by atoms with E-state index in [0.29, 0.717) is 0 Å². The lowest BCUT2D eigenvalue weighted by molar-refractivity contribution is -0.115. The molecule has 1 rings (SSSR count). The molecule has 1 heterocycles. The summed E-state index contributed by atoms with van der Waals surface area (Å²) in [6, 6.07) is 0.723. The van der Waals surface area contributed by atoms with Crippen molar-refractivity contribution in [3.8, 4) is 0 Å². The summed E-state index contributed by atoms with van der Waals surface area (Å²) in [5.41, 5.74) is 0. The molecule has 0 bridgehead atoms. The molecule has 1 aromatic heterocycles. The van der Waals surface area contributed by atoms with Crippen LogP contribution in [-0.4, -0.2) is 48.0 Å². The standard InChI is InChI=1S/C11H17NO6S2/c1-7(11(17-3)18-4)12-20(14,15)8-5-6-19-9(8)10(13)16-2/h5-7,11-12H,1-4H3. The third-order valence-electron chi connectivity index (χ3n) is 2.50. The number of methoxy groups -OCH3 is 3. The van der Waals surface area contributed by atoms with Crippen LogP contribution in [-0.2, 0) is 24.2 Å². The molecule has 1 unspecified atom stereocenters. The fourth-order valence-electron chi connectivity index (χ4n) is 1.62. The Kier molecular flexibility index (Phi) is 6.08. The number of sulfonamides is 1. The van der Waals surface area contributed by atoms with Crippen LogP contribution in [0.5, 0.6) is 0 Å². The van der Waals surface area contributed by atoms with Gasteiger partial charge in [-0.1, -0.05) is 0 Å². The molecule has 7 nitrogen and oxygen atoms in total. The van der Waals surface area contributed by atoms with E-state index in [0.717, 1.165) is 11.3 Å². The minimum atomic E-state index is -3.87. The van der Waals surface area contributed by atoms with Crippen LogP contribution in [0, 0.1) is 0 Å². The summed E-state index contributed by atoms with van der Waals surface area (Å²) in [4.78, 5) is 11.4. The molecule has 1 N–H and O–H groups in total. The van der Waals surface area contributed by atoms with Crippen molar-refractivity contribution in [3.63, 3.8) is 0 Å². The maximum absolute atomic E-state index is 12.3. The number of nitrogens with one attached hydrogen (secondary N) is 1. The van der Waals surface area contributed by atoms with Gasteiger partial charge in [-0.2, -0.15) is 0 Å². The number of thiophene rings is 1. The summed E-state index contributed by atoms with van der Waals surface area (Å²) < 4.78 is 41.4. The van der Waals surface area contributed by atoms with Gasteiger partial charge in [-0.3, -0.25) is 0 Å². The predicted octanol–water partition coefficient (Wildman–Crippen LogP) is 0.820. The number of ether oxygens (including phenoxy) is 3. The molecule has 20 heavy (non-hydrogen) atoms. The summed E-state index contributed by atoms with van der Waals surface area (Å²) >= 11 is 1.000. The van der Waals surface area contributed by atoms with Crippen molar-refractivity contribution in [2.45, 2.75) is 24.2 Å². The monoisotopic (exact) mass is 323 g/mol. The zero-order valence-corrected chi connectivity index (χ0v) is 13.2. The highest BCUT2D eigenvalue weighted by Gasteiger charge is 2.28. The molecule has 0 radical (unpaired) electrons. The minimum absolute atomic E-state index is 0.0265. The van der Waals surface area contributed by atoms with Gasteiger partial charge in [-0.25, -0.2) is 17.9 Å². The van der Waals surface area contributed by atoms with Crippen molar-refractivity contribution < 1.29 is 27.4 Å². The number of carbonyl (C=O) groups excluding carboxylic acids is 1. The SMILES string of the molecule is COC(=O)c1sccc1S(=O)(=O)NC(C)C(OC)OC. The second-order valence-corrected chi connectivity index (χ2v) is 6.45. The first-order valence-corrected chi connectivity index (χ1v) is 7.97. The molecule has 0 saturated carbocycles. The Hall–Kier alpha value is -1.00. The van der Waals surface area contributed by atoms with Crippen LogP contribution in [0.4, 0.5) is 0 Å². The van der Waals surface area contributed by atoms with Crippen molar-refractivity contribution in [2.24, 2.45) is 0 Å². The lowest BCUT2D eigenvalue weighted by atomic mass is 10.3. The van der Waals surface area contributed by atoms with Crippen LogP contribution in [0.1, 0.15) is 16.6 Å². The highest BCUT2D eigenvalue weighted by atomic mass is 32.2. The van der Waals surface area contributed by atoms with Crippen molar-refractivity contribution in [3.05, 3.63) is 16.3 Å². The highest BCUT2D eigenvalue weighted by Crippen LogP contribution is 2.23. The Morgan fingerprint density at radius 1 is 1.30 bits per heavy atom. The summed E-state index contributed by atoms with van der Waals surface area (Å²) in [6.07, 6.45) is -0.731. The van der Waals surface area contributed by atoms with Gasteiger partial charge in [0.1, 0.15) is 9.77 Å². The molecule has 9 heteroatoms. The first-order valence-electron chi connectivity index (χ1n) is 5.61. The normalized spacial score (nSPS) is 13.4. The maximum atomic E-state index is 12.3. The fourth-order valence-corrected chi connectivity index (χ4v) is 4.18. The number of hydrogen-bond donors (Lipinski definition) is 1. The van der Waals surface area contributed by atoms with Crippen molar-refractivity contribution in [1.29, 1.82) is 0 Å². The van der Waals surface area contributed by atoms with Gasteiger partial charge in [0, 0.05) is 14.2 Å². The molecular weight excluding hydrogens is 306 g/mol. The van der Waals surface area contributed by atoms with Crippen LogP contribution in [0.25, 0.3) is 0 Å². The molecule has 0 aromatic carbocycles. The molecule has 0 spiro atoms. The van der Waals surface area contributed by atoms with Gasteiger partial charge in [-0.15, -0.1) is 11.3 Å². The van der Waals surface area contributed by atoms with E-state index in [-0.39, 0.29) is 9.77 Å². The van der Waals surface area contributed by atoms with Gasteiger partial charge >= 0.3 is 5.97 Å². The molecule has 0 aliphatic rings. The van der Waals surface area contributed by atoms with E-state index in [2.05, 4.69) is 9.46 Å². The maximum Gasteiger partial charge on any atom is 0.349 e. The molecule has 0 fully saturated rings. The van der Waals surface area contributed by atoms with Crippen LogP contribution < -0.4 is 4.72 Å². The van der Waals surface area contributed by atoms with E-state index in [1.807, 2.05) is 0 Å². The number of esters is 1. The van der Waals surface area contributed by atoms with Crippen molar-refractivity contribution in [1.82, 2.24) is 4.72 Å². The van der Waals surface area contributed by atoms with E-state index in [4.69, 9.17) is 9.47 Å². The lowest BCUT2D eigenvalue weighted by Crippen LogP contribution is -2.43. The third-order valence-corrected chi connectivity index (χ3v) is 5.13. The second-order valence-electron chi connectivity index (χ2n) is 3.86. The first-order chi connectivity index (χ1) is 9.37. The Labute approximate surface area is 121 Å². The summed E-state index contributed by atoms with van der Waals surface area (Å²) in [5, 5.41) is 1.51. The van der Waals surface area contributed by atoms with E-state index < -0.39 is 28.3 Å². The average Bonchev–Trinajstić information content (AvgIpc) is 2.88. The third kappa shape index (κ3) is 3.76. The van der Waals surface area contributed by atoms with Gasteiger partial charge in [0.2, 0.25) is 10.0 Å². The van der Waals surface area contributed by atoms with Gasteiger partial charge in [-0.05, 0) is 18.4 Å². The lowest BCUT2D eigenvalue weighted by Gasteiger charge is -2.21. The van der Waals surface area contributed by atoms with Gasteiger partial charge < -0.3 is 14.2 Å². The van der Waals surface area contributed by atoms with E-state index in [9.17, 15) is 13.2 Å². The van der Waals surface area contributed by atoms with Crippen molar-refractivity contribution in [2.75, 3.05) is 21.3 Å². The molecule has 0 aliphatic carbocycles. The predicted molar refractivity (Wildman–Crippen MR) is 73.2 cm³/mol. The first kappa shape index (κ1) is 17.1. The smallest absolute Gasteiger partial charge is 0.349 e. The molecule has 1 aromatic rings. The highest BCUT2D eigenvalue weighted by molar-refractivity contribution is 7.89. The summed E-state index contributed by atoms with van der Waals surface area (Å²) in [7, 11) is 0.140. The summed E-state index contributed by atoms with van der Waals surface area (Å²) in [5.74, 6) is -0.692. The number of carbonyl (C=O) groups is 1. The van der Waals surface area contributed by atoms with E-state index >= 15 is 0 Å². The molecule has 1 atom stereocenters. The average molecular weight is 323 g/mol. The van der Waals surface area contributed by atoms with E-state index in [1.165, 1.54) is 32.8 Å². The van der Waals surface area contributed by atoms with Crippen molar-refractivity contribution >= 4 is 27.3 Å². The second kappa shape index (κ2) is 7.14. The molecule has 0 aliphatic heterocycles. The quantitative estimate of drug-likeness (QED) is 0.590. The zero-order valence-electron chi connectivity index (χ0n) is 11.6. The molecule has 0 saturated heterocycles. The van der Waals surface area contributed by atoms with E-state index in [1.54, 1.807) is 6.92 Å². The number of hydrogen-bond acceptors (Lipinski definition) is 7. The van der Waals surface area contributed by atoms with Gasteiger partial charge in [0.25, 0.3) is 0 Å². The summed E-state index contributed by atoms with van der Waals surface area (Å²) in [6.45, 7) is 1.60.